The van der Waals surface area contributed by atoms with Crippen LogP contribution in [0.25, 0.3) is 11.3 Å². The zero-order chi connectivity index (χ0) is 11.7. The second-order valence-electron chi connectivity index (χ2n) is 3.40. The minimum Gasteiger partial charge on any atom is -0.507 e. The number of carboxylic acid groups (broad SMARTS) is 1. The molecule has 5 nitrogen and oxygen atoms in total. The molecule has 1 aromatic carbocycles. The lowest BCUT2D eigenvalue weighted by molar-refractivity contribution is 0.0686. The number of benzene rings is 1. The van der Waals surface area contributed by atoms with Crippen molar-refractivity contribution < 1.29 is 19.5 Å². The minimum atomic E-state index is -1.17. The molecule has 5 heteroatoms. The van der Waals surface area contributed by atoms with E-state index in [1.165, 1.54) is 6.07 Å². The molecule has 0 spiro atoms. The van der Waals surface area contributed by atoms with Gasteiger partial charge in [-0.2, -0.15) is 0 Å². The first-order valence-electron chi connectivity index (χ1n) is 4.58. The van der Waals surface area contributed by atoms with E-state index >= 15 is 0 Å². The lowest BCUT2D eigenvalue weighted by Gasteiger charge is -2.00. The van der Waals surface area contributed by atoms with Gasteiger partial charge in [-0.3, -0.25) is 0 Å². The molecule has 16 heavy (non-hydrogen) atoms. The maximum Gasteiger partial charge on any atom is 0.358 e. The number of nitrogens with zero attached hydrogens (tertiary/aromatic N) is 1. The second kappa shape index (κ2) is 3.69. The van der Waals surface area contributed by atoms with Gasteiger partial charge in [0.15, 0.2) is 11.5 Å². The van der Waals surface area contributed by atoms with E-state index < -0.39 is 5.97 Å². The molecule has 0 atom stereocenters. The van der Waals surface area contributed by atoms with Crippen molar-refractivity contribution in [1.29, 1.82) is 0 Å². The zero-order valence-corrected chi connectivity index (χ0v) is 8.47. The number of phenolic OH excluding ortho intramolecular Hbond substituents is 1. The van der Waals surface area contributed by atoms with Gasteiger partial charge in [-0.25, -0.2) is 4.79 Å². The summed E-state index contributed by atoms with van der Waals surface area (Å²) in [5, 5.41) is 21.7. The van der Waals surface area contributed by atoms with Gasteiger partial charge < -0.3 is 14.7 Å². The Balaban J connectivity index is 2.46. The SMILES string of the molecule is Cc1ccc(-c2cc(C(=O)O)no2)c(O)c1. The number of aromatic nitrogens is 1. The summed E-state index contributed by atoms with van der Waals surface area (Å²) in [7, 11) is 0. The number of hydrogen-bond acceptors (Lipinski definition) is 4. The normalized spacial score (nSPS) is 10.3. The van der Waals surface area contributed by atoms with Gasteiger partial charge in [0.05, 0.1) is 5.56 Å². The first-order valence-corrected chi connectivity index (χ1v) is 4.58. The summed E-state index contributed by atoms with van der Waals surface area (Å²) in [4.78, 5) is 10.6. The summed E-state index contributed by atoms with van der Waals surface area (Å²) >= 11 is 0. The Kier molecular flexibility index (Phi) is 2.36. The largest absolute Gasteiger partial charge is 0.507 e. The monoisotopic (exact) mass is 219 g/mol. The van der Waals surface area contributed by atoms with Gasteiger partial charge in [-0.1, -0.05) is 11.2 Å². The topological polar surface area (TPSA) is 83.6 Å². The standard InChI is InChI=1S/C11H9NO4/c1-6-2-3-7(9(13)4-6)10-5-8(11(14)15)12-16-10/h2-5,13H,1H3,(H,14,15). The highest BCUT2D eigenvalue weighted by atomic mass is 16.5. The molecular formula is C11H9NO4. The average molecular weight is 219 g/mol. The number of aromatic carboxylic acids is 1. The summed E-state index contributed by atoms with van der Waals surface area (Å²) in [5.74, 6) is -0.899. The van der Waals surface area contributed by atoms with Gasteiger partial charge in [-0.15, -0.1) is 0 Å². The Morgan fingerprint density at radius 2 is 2.12 bits per heavy atom. The number of carbonyl (C=O) groups is 1. The molecule has 1 aromatic heterocycles. The number of aromatic hydroxyl groups is 1. The van der Waals surface area contributed by atoms with E-state index in [4.69, 9.17) is 9.63 Å². The van der Waals surface area contributed by atoms with Crippen LogP contribution in [0.5, 0.6) is 5.75 Å². The Morgan fingerprint density at radius 3 is 2.69 bits per heavy atom. The number of hydrogen-bond donors (Lipinski definition) is 2. The quantitative estimate of drug-likeness (QED) is 0.807. The van der Waals surface area contributed by atoms with Crippen molar-refractivity contribution in [2.75, 3.05) is 0 Å². The third-order valence-corrected chi connectivity index (χ3v) is 2.15. The average Bonchev–Trinajstić information content (AvgIpc) is 2.66. The van der Waals surface area contributed by atoms with Gasteiger partial charge in [0.2, 0.25) is 0 Å². The Bertz CT molecular complexity index is 545. The molecule has 1 heterocycles. The van der Waals surface area contributed by atoms with Crippen LogP contribution in [0.2, 0.25) is 0 Å². The van der Waals surface area contributed by atoms with E-state index in [9.17, 15) is 9.90 Å². The molecule has 82 valence electrons. The molecule has 0 aliphatic rings. The summed E-state index contributed by atoms with van der Waals surface area (Å²) < 4.78 is 4.84. The maximum atomic E-state index is 10.6. The van der Waals surface area contributed by atoms with Crippen molar-refractivity contribution in [2.45, 2.75) is 6.92 Å². The first-order chi connectivity index (χ1) is 7.58. The van der Waals surface area contributed by atoms with Gasteiger partial charge in [0, 0.05) is 6.07 Å². The van der Waals surface area contributed by atoms with Crippen LogP contribution >= 0.6 is 0 Å². The molecule has 0 bridgehead atoms. The van der Waals surface area contributed by atoms with E-state index in [1.54, 1.807) is 18.2 Å². The highest BCUT2D eigenvalue weighted by molar-refractivity contribution is 5.86. The molecule has 0 radical (unpaired) electrons. The fourth-order valence-electron chi connectivity index (χ4n) is 1.35. The van der Waals surface area contributed by atoms with Crippen LogP contribution in [0, 0.1) is 6.92 Å². The predicted octanol–water partition coefficient (Wildman–Crippen LogP) is 2.05. The summed E-state index contributed by atoms with van der Waals surface area (Å²) in [6.07, 6.45) is 0. The smallest absolute Gasteiger partial charge is 0.358 e. The molecule has 2 N–H and O–H groups in total. The fraction of sp³-hybridized carbons (Fsp3) is 0.0909. The second-order valence-corrected chi connectivity index (χ2v) is 3.40. The maximum absolute atomic E-state index is 10.6. The van der Waals surface area contributed by atoms with Crippen LogP contribution < -0.4 is 0 Å². The first kappa shape index (κ1) is 10.2. The molecule has 0 amide bonds. The molecule has 0 unspecified atom stereocenters. The molecule has 0 aliphatic heterocycles. The van der Waals surface area contributed by atoms with Crippen molar-refractivity contribution >= 4 is 5.97 Å². The van der Waals surface area contributed by atoms with Gasteiger partial charge in [-0.05, 0) is 24.6 Å². The Hall–Kier alpha value is -2.30. The van der Waals surface area contributed by atoms with Crippen molar-refractivity contribution in [2.24, 2.45) is 0 Å². The Labute approximate surface area is 90.9 Å². The molecule has 2 aromatic rings. The van der Waals surface area contributed by atoms with Crippen LogP contribution in [0.1, 0.15) is 16.1 Å². The van der Waals surface area contributed by atoms with Crippen molar-refractivity contribution in [3.8, 4) is 17.1 Å². The van der Waals surface area contributed by atoms with E-state index in [2.05, 4.69) is 5.16 Å². The van der Waals surface area contributed by atoms with E-state index in [1.807, 2.05) is 6.92 Å². The van der Waals surface area contributed by atoms with Crippen molar-refractivity contribution in [3.63, 3.8) is 0 Å². The number of carboxylic acids is 1. The molecule has 0 fully saturated rings. The van der Waals surface area contributed by atoms with Crippen LogP contribution in [0.3, 0.4) is 0 Å². The number of aryl methyl sites for hydroxylation is 1. The lowest BCUT2D eigenvalue weighted by atomic mass is 10.1. The van der Waals surface area contributed by atoms with Crippen molar-refractivity contribution in [1.82, 2.24) is 5.16 Å². The zero-order valence-electron chi connectivity index (χ0n) is 8.47. The van der Waals surface area contributed by atoms with Crippen molar-refractivity contribution in [3.05, 3.63) is 35.5 Å². The third-order valence-electron chi connectivity index (χ3n) is 2.15. The highest BCUT2D eigenvalue weighted by Gasteiger charge is 2.14. The molecular weight excluding hydrogens is 210 g/mol. The van der Waals surface area contributed by atoms with E-state index in [-0.39, 0.29) is 17.2 Å². The Morgan fingerprint density at radius 1 is 1.38 bits per heavy atom. The summed E-state index contributed by atoms with van der Waals surface area (Å²) in [5.41, 5.74) is 1.14. The van der Waals surface area contributed by atoms with Crippen LogP contribution in [-0.2, 0) is 0 Å². The molecule has 0 saturated heterocycles. The number of rotatable bonds is 2. The number of phenols is 1. The van der Waals surface area contributed by atoms with E-state index in [0.29, 0.717) is 5.56 Å². The van der Waals surface area contributed by atoms with E-state index in [0.717, 1.165) is 5.56 Å². The van der Waals surface area contributed by atoms with Crippen LogP contribution in [0.4, 0.5) is 0 Å². The summed E-state index contributed by atoms with van der Waals surface area (Å²) in [6.45, 7) is 1.84. The highest BCUT2D eigenvalue weighted by Crippen LogP contribution is 2.30. The predicted molar refractivity (Wildman–Crippen MR) is 55.3 cm³/mol. The summed E-state index contributed by atoms with van der Waals surface area (Å²) in [6, 6.07) is 6.28. The third kappa shape index (κ3) is 1.75. The molecule has 0 aliphatic carbocycles. The van der Waals surface area contributed by atoms with Gasteiger partial charge in [0.25, 0.3) is 0 Å². The van der Waals surface area contributed by atoms with Gasteiger partial charge in [0.1, 0.15) is 5.75 Å². The van der Waals surface area contributed by atoms with Gasteiger partial charge >= 0.3 is 5.97 Å². The molecule has 0 saturated carbocycles. The minimum absolute atomic E-state index is 0.0353. The van der Waals surface area contributed by atoms with Crippen LogP contribution in [0.15, 0.2) is 28.8 Å². The fourth-order valence-corrected chi connectivity index (χ4v) is 1.35. The van der Waals surface area contributed by atoms with Crippen LogP contribution in [-0.4, -0.2) is 21.3 Å². The lowest BCUT2D eigenvalue weighted by Crippen LogP contribution is -1.94. The molecule has 2 rings (SSSR count).